The zero-order chi connectivity index (χ0) is 14.9. The topological polar surface area (TPSA) is 107 Å². The van der Waals surface area contributed by atoms with E-state index in [1.165, 1.54) is 4.31 Å². The van der Waals surface area contributed by atoms with Gasteiger partial charge in [0.1, 0.15) is 4.21 Å². The van der Waals surface area contributed by atoms with E-state index in [-0.39, 0.29) is 14.9 Å². The molecule has 0 radical (unpaired) electrons. The summed E-state index contributed by atoms with van der Waals surface area (Å²) < 4.78 is 26.4. The lowest BCUT2D eigenvalue weighted by molar-refractivity contribution is -0.383. The van der Waals surface area contributed by atoms with E-state index in [1.54, 1.807) is 0 Å². The molecule has 0 aliphatic carbocycles. The van der Waals surface area contributed by atoms with Crippen LogP contribution in [0.3, 0.4) is 0 Å². The molecule has 1 aliphatic rings. The maximum absolute atomic E-state index is 12.5. The van der Waals surface area contributed by atoms with Gasteiger partial charge >= 0.3 is 5.69 Å². The van der Waals surface area contributed by atoms with Gasteiger partial charge in [0.05, 0.1) is 4.92 Å². The van der Waals surface area contributed by atoms with Crippen molar-refractivity contribution in [1.29, 1.82) is 0 Å². The van der Waals surface area contributed by atoms with Gasteiger partial charge in [0.2, 0.25) is 0 Å². The van der Waals surface area contributed by atoms with Gasteiger partial charge in [-0.1, -0.05) is 24.7 Å². The molecule has 1 aromatic rings. The van der Waals surface area contributed by atoms with Crippen LogP contribution in [0.4, 0.5) is 10.7 Å². The quantitative estimate of drug-likeness (QED) is 0.675. The van der Waals surface area contributed by atoms with Crippen molar-refractivity contribution in [1.82, 2.24) is 4.31 Å². The first-order chi connectivity index (χ1) is 9.36. The van der Waals surface area contributed by atoms with Crippen LogP contribution in [0.1, 0.15) is 26.2 Å². The van der Waals surface area contributed by atoms with E-state index in [9.17, 15) is 18.5 Å². The van der Waals surface area contributed by atoms with E-state index >= 15 is 0 Å². The number of thiophene rings is 1. The molecule has 0 spiro atoms. The number of piperidine rings is 1. The van der Waals surface area contributed by atoms with Crippen LogP contribution >= 0.6 is 11.3 Å². The molecule has 2 N–H and O–H groups in total. The molecule has 1 unspecified atom stereocenters. The molecule has 9 heteroatoms. The highest BCUT2D eigenvalue weighted by atomic mass is 32.2. The largest absolute Gasteiger partial charge is 0.385 e. The van der Waals surface area contributed by atoms with Crippen molar-refractivity contribution in [2.24, 2.45) is 5.92 Å². The lowest BCUT2D eigenvalue weighted by Crippen LogP contribution is -2.39. The molecule has 1 aromatic heterocycles. The number of nitro groups is 1. The maximum Gasteiger partial charge on any atom is 0.304 e. The summed E-state index contributed by atoms with van der Waals surface area (Å²) in [6, 6.07) is 1.06. The summed E-state index contributed by atoms with van der Waals surface area (Å²) in [6.07, 6.45) is 2.77. The molecular weight excluding hydrogens is 302 g/mol. The third kappa shape index (κ3) is 2.79. The van der Waals surface area contributed by atoms with Crippen molar-refractivity contribution in [3.05, 3.63) is 16.2 Å². The SMILES string of the molecule is CCC1CCCN(S(=O)(=O)c2cc([N+](=O)[O-])c(N)s2)C1. The molecule has 2 rings (SSSR count). The number of nitrogens with two attached hydrogens (primary N) is 1. The number of hydrogen-bond acceptors (Lipinski definition) is 6. The molecule has 0 aromatic carbocycles. The van der Waals surface area contributed by atoms with Crippen molar-refractivity contribution in [2.45, 2.75) is 30.4 Å². The monoisotopic (exact) mass is 319 g/mol. The van der Waals surface area contributed by atoms with E-state index in [0.29, 0.717) is 19.0 Å². The van der Waals surface area contributed by atoms with Crippen molar-refractivity contribution in [3.63, 3.8) is 0 Å². The first-order valence-electron chi connectivity index (χ1n) is 6.40. The fourth-order valence-electron chi connectivity index (χ4n) is 2.35. The Kier molecular flexibility index (Phi) is 4.31. The minimum atomic E-state index is -3.67. The number of rotatable bonds is 4. The van der Waals surface area contributed by atoms with E-state index in [1.807, 2.05) is 6.92 Å². The molecule has 20 heavy (non-hydrogen) atoms. The molecule has 1 saturated heterocycles. The van der Waals surface area contributed by atoms with Gasteiger partial charge in [-0.05, 0) is 18.8 Å². The van der Waals surface area contributed by atoms with Gasteiger partial charge in [0, 0.05) is 19.2 Å². The van der Waals surface area contributed by atoms with E-state index in [0.717, 1.165) is 36.7 Å². The Morgan fingerprint density at radius 3 is 2.85 bits per heavy atom. The summed E-state index contributed by atoms with van der Waals surface area (Å²) >= 11 is 0.759. The predicted octanol–water partition coefficient (Wildman–Crippen LogP) is 2.05. The standard InChI is InChI=1S/C11H17N3O4S2/c1-2-8-4-3-5-13(7-8)20(17,18)10-6-9(14(15)16)11(12)19-10/h6,8H,2-5,7,12H2,1H3. The second-order valence-corrected chi connectivity index (χ2v) is 8.10. The van der Waals surface area contributed by atoms with Crippen LogP contribution in [0.15, 0.2) is 10.3 Å². The number of sulfonamides is 1. The normalized spacial score (nSPS) is 20.9. The highest BCUT2D eigenvalue weighted by Gasteiger charge is 2.33. The highest BCUT2D eigenvalue weighted by Crippen LogP contribution is 2.36. The molecule has 1 aliphatic heterocycles. The first kappa shape index (κ1) is 15.2. The van der Waals surface area contributed by atoms with Crippen LogP contribution in [0.25, 0.3) is 0 Å². The summed E-state index contributed by atoms with van der Waals surface area (Å²) in [5.41, 5.74) is 5.18. The van der Waals surface area contributed by atoms with Gasteiger partial charge in [0.25, 0.3) is 10.0 Å². The van der Waals surface area contributed by atoms with Crippen molar-refractivity contribution >= 4 is 32.0 Å². The van der Waals surface area contributed by atoms with Gasteiger partial charge in [0.15, 0.2) is 5.00 Å². The fraction of sp³-hybridized carbons (Fsp3) is 0.636. The third-order valence-corrected chi connectivity index (χ3v) is 6.84. The van der Waals surface area contributed by atoms with Crippen LogP contribution in [-0.4, -0.2) is 30.7 Å². The van der Waals surface area contributed by atoms with Crippen molar-refractivity contribution < 1.29 is 13.3 Å². The molecule has 1 fully saturated rings. The fourth-order valence-corrected chi connectivity index (χ4v) is 5.27. The lowest BCUT2D eigenvalue weighted by Gasteiger charge is -2.30. The van der Waals surface area contributed by atoms with Crippen molar-refractivity contribution in [3.8, 4) is 0 Å². The number of anilines is 1. The zero-order valence-electron chi connectivity index (χ0n) is 11.1. The molecular formula is C11H17N3O4S2. The maximum atomic E-state index is 12.5. The molecule has 0 bridgehead atoms. The number of hydrogen-bond donors (Lipinski definition) is 1. The summed E-state index contributed by atoms with van der Waals surface area (Å²) in [7, 11) is -3.67. The lowest BCUT2D eigenvalue weighted by atomic mass is 9.97. The smallest absolute Gasteiger partial charge is 0.304 e. The van der Waals surface area contributed by atoms with Gasteiger partial charge in [-0.25, -0.2) is 8.42 Å². The van der Waals surface area contributed by atoms with E-state index in [2.05, 4.69) is 0 Å². The summed E-state index contributed by atoms with van der Waals surface area (Å²) in [6.45, 7) is 2.98. The number of nitrogens with zero attached hydrogens (tertiary/aromatic N) is 2. The predicted molar refractivity (Wildman–Crippen MR) is 77.2 cm³/mol. The zero-order valence-corrected chi connectivity index (χ0v) is 12.7. The van der Waals surface area contributed by atoms with Crippen LogP contribution in [0.2, 0.25) is 0 Å². The van der Waals surface area contributed by atoms with Crippen LogP contribution < -0.4 is 5.73 Å². The van der Waals surface area contributed by atoms with Gasteiger partial charge in [-0.2, -0.15) is 4.31 Å². The Morgan fingerprint density at radius 2 is 2.30 bits per heavy atom. The molecule has 7 nitrogen and oxygen atoms in total. The second kappa shape index (κ2) is 5.66. The number of nitrogen functional groups attached to an aromatic ring is 1. The Balaban J connectivity index is 2.30. The molecule has 112 valence electrons. The minimum absolute atomic E-state index is 0.0431. The van der Waals surface area contributed by atoms with Gasteiger partial charge in [-0.15, -0.1) is 0 Å². The average molecular weight is 319 g/mol. The van der Waals surface area contributed by atoms with E-state index in [4.69, 9.17) is 5.73 Å². The van der Waals surface area contributed by atoms with Crippen LogP contribution in [0.5, 0.6) is 0 Å². The van der Waals surface area contributed by atoms with Crippen LogP contribution in [0, 0.1) is 16.0 Å². The Morgan fingerprint density at radius 1 is 1.60 bits per heavy atom. The summed E-state index contributed by atoms with van der Waals surface area (Å²) in [5.74, 6) is 0.353. The Hall–Kier alpha value is -1.19. The molecule has 2 heterocycles. The molecule has 1 atom stereocenters. The van der Waals surface area contributed by atoms with Gasteiger partial charge in [-0.3, -0.25) is 10.1 Å². The van der Waals surface area contributed by atoms with Crippen molar-refractivity contribution in [2.75, 3.05) is 18.8 Å². The molecule has 0 saturated carbocycles. The first-order valence-corrected chi connectivity index (χ1v) is 8.65. The average Bonchev–Trinajstić information content (AvgIpc) is 2.82. The van der Waals surface area contributed by atoms with E-state index < -0.39 is 14.9 Å². The second-order valence-electron chi connectivity index (χ2n) is 4.85. The Bertz CT molecular complexity index is 611. The third-order valence-electron chi connectivity index (χ3n) is 3.57. The van der Waals surface area contributed by atoms with Gasteiger partial charge < -0.3 is 5.73 Å². The minimum Gasteiger partial charge on any atom is -0.385 e. The summed E-state index contributed by atoms with van der Waals surface area (Å²) in [4.78, 5) is 10.1. The summed E-state index contributed by atoms with van der Waals surface area (Å²) in [5, 5.41) is 10.7. The van der Waals surface area contributed by atoms with Crippen LogP contribution in [-0.2, 0) is 10.0 Å². The molecule has 0 amide bonds. The Labute approximate surface area is 121 Å². The highest BCUT2D eigenvalue weighted by molar-refractivity contribution is 7.91.